The maximum atomic E-state index is 14.0. The molecule has 0 aliphatic rings. The van der Waals surface area contributed by atoms with Crippen molar-refractivity contribution in [2.45, 2.75) is 13.8 Å². The van der Waals surface area contributed by atoms with Gasteiger partial charge < -0.3 is 0 Å². The molecule has 27 heavy (non-hydrogen) atoms. The molecule has 6 heteroatoms. The van der Waals surface area contributed by atoms with Crippen LogP contribution in [0.3, 0.4) is 0 Å². The number of aromatic nitrogens is 1. The van der Waals surface area contributed by atoms with E-state index in [1.165, 1.54) is 16.7 Å². The largest absolute Gasteiger partial charge is 0.273 e. The molecule has 0 amide bonds. The van der Waals surface area contributed by atoms with Crippen LogP contribution in [0.5, 0.6) is 0 Å². The topological polar surface area (TPSA) is 69.6 Å². The zero-order valence-corrected chi connectivity index (χ0v) is 15.5. The van der Waals surface area contributed by atoms with Crippen molar-refractivity contribution in [3.05, 3.63) is 84.5 Å². The van der Waals surface area contributed by atoms with Crippen molar-refractivity contribution in [1.29, 1.82) is 10.5 Å². The lowest BCUT2D eigenvalue weighted by molar-refractivity contribution is 0.625. The van der Waals surface area contributed by atoms with E-state index in [1.807, 2.05) is 38.1 Å². The second-order valence-electron chi connectivity index (χ2n) is 5.95. The van der Waals surface area contributed by atoms with Crippen LogP contribution in [0.1, 0.15) is 16.7 Å². The van der Waals surface area contributed by atoms with Crippen molar-refractivity contribution >= 4 is 23.0 Å². The average molecular weight is 375 g/mol. The van der Waals surface area contributed by atoms with Gasteiger partial charge in [0, 0.05) is 5.56 Å². The molecule has 0 radical (unpaired) electrons. The molecule has 1 heterocycles. The summed E-state index contributed by atoms with van der Waals surface area (Å²) in [6.07, 6.45) is 1.44. The molecule has 4 nitrogen and oxygen atoms in total. The molecular weight excluding hydrogens is 361 g/mol. The predicted octanol–water partition coefficient (Wildman–Crippen LogP) is 2.68. The van der Waals surface area contributed by atoms with Crippen molar-refractivity contribution < 1.29 is 4.39 Å². The Hall–Kier alpha value is -3.48. The fourth-order valence-corrected chi connectivity index (χ4v) is 3.65. The van der Waals surface area contributed by atoms with E-state index in [-0.39, 0.29) is 20.3 Å². The van der Waals surface area contributed by atoms with Gasteiger partial charge >= 0.3 is 0 Å². The molecule has 0 spiro atoms. The summed E-state index contributed by atoms with van der Waals surface area (Å²) in [4.78, 5) is 13.0. The number of halogens is 1. The summed E-state index contributed by atoms with van der Waals surface area (Å²) in [5.41, 5.74) is 2.31. The summed E-state index contributed by atoms with van der Waals surface area (Å²) in [7, 11) is 0. The maximum Gasteiger partial charge on any atom is 0.273 e. The Morgan fingerprint density at radius 3 is 2.44 bits per heavy atom. The van der Waals surface area contributed by atoms with Gasteiger partial charge in [0.05, 0.1) is 10.2 Å². The highest BCUT2D eigenvalue weighted by molar-refractivity contribution is 7.07. The molecule has 0 aliphatic heterocycles. The Morgan fingerprint density at radius 2 is 1.81 bits per heavy atom. The SMILES string of the molecule is Cc1ccc(-n2c(=C(C#N)C#N)s/c(=C/c3ccccc3F)c2=O)cc1C. The smallest absolute Gasteiger partial charge is 0.267 e. The first-order valence-electron chi connectivity index (χ1n) is 8.06. The van der Waals surface area contributed by atoms with Crippen LogP contribution in [0, 0.1) is 42.3 Å². The van der Waals surface area contributed by atoms with Crippen LogP contribution in [-0.2, 0) is 0 Å². The molecule has 0 saturated carbocycles. The van der Waals surface area contributed by atoms with Gasteiger partial charge in [0.25, 0.3) is 5.56 Å². The highest BCUT2D eigenvalue weighted by atomic mass is 32.1. The molecule has 0 unspecified atom stereocenters. The fourth-order valence-electron chi connectivity index (χ4n) is 2.60. The van der Waals surface area contributed by atoms with E-state index >= 15 is 0 Å². The molecule has 0 bridgehead atoms. The second kappa shape index (κ2) is 7.41. The quantitative estimate of drug-likeness (QED) is 0.691. The third kappa shape index (κ3) is 3.44. The van der Waals surface area contributed by atoms with E-state index in [1.54, 1.807) is 24.3 Å². The third-order valence-corrected chi connectivity index (χ3v) is 5.29. The van der Waals surface area contributed by atoms with Crippen molar-refractivity contribution in [1.82, 2.24) is 4.57 Å². The summed E-state index contributed by atoms with van der Waals surface area (Å²) >= 11 is 0.998. The summed E-state index contributed by atoms with van der Waals surface area (Å²) in [5, 5.41) is 18.6. The van der Waals surface area contributed by atoms with Gasteiger partial charge in [-0.05, 0) is 49.2 Å². The van der Waals surface area contributed by atoms with Crippen LogP contribution in [0.25, 0.3) is 17.3 Å². The van der Waals surface area contributed by atoms with Crippen molar-refractivity contribution in [3.63, 3.8) is 0 Å². The number of nitrogens with zero attached hydrogens (tertiary/aromatic N) is 3. The van der Waals surface area contributed by atoms with Crippen LogP contribution in [0.4, 0.5) is 4.39 Å². The van der Waals surface area contributed by atoms with Gasteiger partial charge in [-0.1, -0.05) is 24.3 Å². The minimum atomic E-state index is -0.450. The zero-order chi connectivity index (χ0) is 19.6. The summed E-state index contributed by atoms with van der Waals surface area (Å²) in [6.45, 7) is 3.87. The molecular formula is C21H14FN3OS. The fraction of sp³-hybridized carbons (Fsp3) is 0.0952. The van der Waals surface area contributed by atoms with Crippen LogP contribution >= 0.6 is 11.3 Å². The van der Waals surface area contributed by atoms with Gasteiger partial charge in [0.1, 0.15) is 22.6 Å². The minimum absolute atomic E-state index is 0.163. The number of benzene rings is 2. The van der Waals surface area contributed by atoms with E-state index in [0.717, 1.165) is 22.5 Å². The van der Waals surface area contributed by atoms with Crippen molar-refractivity contribution in [2.75, 3.05) is 0 Å². The normalized spacial score (nSPS) is 11.1. The van der Waals surface area contributed by atoms with Crippen LogP contribution in [-0.4, -0.2) is 4.57 Å². The first-order chi connectivity index (χ1) is 13.0. The first kappa shape index (κ1) is 18.3. The molecule has 3 rings (SSSR count). The van der Waals surface area contributed by atoms with E-state index in [4.69, 9.17) is 0 Å². The Labute approximate surface area is 159 Å². The van der Waals surface area contributed by atoms with Gasteiger partial charge in [0.15, 0.2) is 5.57 Å². The lowest BCUT2D eigenvalue weighted by Gasteiger charge is -2.06. The number of hydrogen-bond donors (Lipinski definition) is 0. The Balaban J connectivity index is 2.43. The zero-order valence-electron chi connectivity index (χ0n) is 14.7. The summed E-state index contributed by atoms with van der Waals surface area (Å²) < 4.78 is 15.8. The van der Waals surface area contributed by atoms with Crippen LogP contribution in [0.15, 0.2) is 47.3 Å². The van der Waals surface area contributed by atoms with Crippen LogP contribution in [0.2, 0.25) is 0 Å². The molecule has 132 valence electrons. The highest BCUT2D eigenvalue weighted by Gasteiger charge is 2.12. The molecule has 0 saturated heterocycles. The highest BCUT2D eigenvalue weighted by Crippen LogP contribution is 2.12. The van der Waals surface area contributed by atoms with Gasteiger partial charge in [-0.25, -0.2) is 4.39 Å². The Morgan fingerprint density at radius 1 is 1.11 bits per heavy atom. The van der Waals surface area contributed by atoms with Gasteiger partial charge in [-0.3, -0.25) is 9.36 Å². The predicted molar refractivity (Wildman–Crippen MR) is 103 cm³/mol. The van der Waals surface area contributed by atoms with E-state index in [9.17, 15) is 19.7 Å². The summed E-state index contributed by atoms with van der Waals surface area (Å²) in [5.74, 6) is -0.450. The molecule has 2 aromatic carbocycles. The molecule has 0 atom stereocenters. The third-order valence-electron chi connectivity index (χ3n) is 4.20. The van der Waals surface area contributed by atoms with Crippen molar-refractivity contribution in [3.8, 4) is 17.8 Å². The van der Waals surface area contributed by atoms with E-state index < -0.39 is 11.4 Å². The first-order valence-corrected chi connectivity index (χ1v) is 8.88. The van der Waals surface area contributed by atoms with Gasteiger partial charge in [-0.2, -0.15) is 10.5 Å². The van der Waals surface area contributed by atoms with E-state index in [0.29, 0.717) is 5.69 Å². The molecule has 1 aromatic heterocycles. The maximum absolute atomic E-state index is 14.0. The number of nitriles is 2. The lowest BCUT2D eigenvalue weighted by atomic mass is 10.1. The van der Waals surface area contributed by atoms with E-state index in [2.05, 4.69) is 0 Å². The minimum Gasteiger partial charge on any atom is -0.267 e. The second-order valence-corrected chi connectivity index (χ2v) is 6.98. The average Bonchev–Trinajstić information content (AvgIpc) is 2.97. The van der Waals surface area contributed by atoms with Crippen molar-refractivity contribution in [2.24, 2.45) is 0 Å². The van der Waals surface area contributed by atoms with Gasteiger partial charge in [0.2, 0.25) is 0 Å². The summed E-state index contributed by atoms with van der Waals surface area (Å²) in [6, 6.07) is 15.3. The standard InChI is InChI=1S/C21H14FN3OS/c1-13-7-8-17(9-14(13)2)25-20(26)19(27-21(25)16(11-23)12-24)10-15-5-3-4-6-18(15)22/h3-10H,1-2H3/b19-10+. The Bertz CT molecular complexity index is 1290. The van der Waals surface area contributed by atoms with Gasteiger partial charge in [-0.15, -0.1) is 11.3 Å². The number of hydrogen-bond acceptors (Lipinski definition) is 4. The number of rotatable bonds is 2. The van der Waals surface area contributed by atoms with Crippen LogP contribution < -0.4 is 14.8 Å². The number of thiazole rings is 1. The molecule has 0 N–H and O–H groups in total. The number of aryl methyl sites for hydroxylation is 2. The Kier molecular flexibility index (Phi) is 5.03. The lowest BCUT2D eigenvalue weighted by Crippen LogP contribution is -2.30. The molecule has 3 aromatic rings. The molecule has 0 fully saturated rings. The monoisotopic (exact) mass is 375 g/mol. The molecule has 0 aliphatic carbocycles.